The number of ether oxygens (including phenoxy) is 2. The molecule has 0 atom stereocenters. The Labute approximate surface area is 177 Å². The standard InChI is InChI=1S/C21H21BO4S.C2H6/c1-25-18-9-3-15(4-10-18)21(16-5-11-19(26-2)12-6-16)27-20-13-7-17(8-14-20)22(23)24;1-2/h3-14,21,23-24H,1-2H3;1-2H3. The maximum Gasteiger partial charge on any atom is 0.488 e. The molecule has 0 aliphatic rings. The van der Waals surface area contributed by atoms with Crippen LogP contribution in [0.4, 0.5) is 0 Å². The Morgan fingerprint density at radius 1 is 0.690 bits per heavy atom. The molecule has 0 aliphatic heterocycles. The summed E-state index contributed by atoms with van der Waals surface area (Å²) in [5.41, 5.74) is 2.78. The highest BCUT2D eigenvalue weighted by atomic mass is 32.2. The van der Waals surface area contributed by atoms with Crippen molar-refractivity contribution in [2.24, 2.45) is 0 Å². The first kappa shape index (κ1) is 22.9. The van der Waals surface area contributed by atoms with Gasteiger partial charge in [-0.15, -0.1) is 11.8 Å². The summed E-state index contributed by atoms with van der Waals surface area (Å²) in [4.78, 5) is 1.04. The minimum atomic E-state index is -1.46. The van der Waals surface area contributed by atoms with Gasteiger partial charge in [-0.2, -0.15) is 0 Å². The highest BCUT2D eigenvalue weighted by Gasteiger charge is 2.17. The van der Waals surface area contributed by atoms with E-state index in [9.17, 15) is 10.0 Å². The molecular formula is C23H27BO4S. The second-order valence-electron chi connectivity index (χ2n) is 5.99. The average molecular weight is 410 g/mol. The average Bonchev–Trinajstić information content (AvgIpc) is 2.79. The number of rotatable bonds is 7. The lowest BCUT2D eigenvalue weighted by atomic mass is 9.81. The Morgan fingerprint density at radius 3 is 1.45 bits per heavy atom. The minimum Gasteiger partial charge on any atom is -0.497 e. The molecule has 3 aromatic rings. The van der Waals surface area contributed by atoms with Crippen LogP contribution in [0.25, 0.3) is 0 Å². The van der Waals surface area contributed by atoms with Crippen molar-refractivity contribution < 1.29 is 19.5 Å². The molecule has 0 amide bonds. The molecule has 4 nitrogen and oxygen atoms in total. The summed E-state index contributed by atoms with van der Waals surface area (Å²) in [5, 5.41) is 18.6. The minimum absolute atomic E-state index is 0.0757. The van der Waals surface area contributed by atoms with Gasteiger partial charge in [0.25, 0.3) is 0 Å². The van der Waals surface area contributed by atoms with E-state index < -0.39 is 7.12 Å². The Morgan fingerprint density at radius 2 is 1.10 bits per heavy atom. The zero-order valence-corrected chi connectivity index (χ0v) is 18.0. The number of methoxy groups -OCH3 is 2. The van der Waals surface area contributed by atoms with E-state index >= 15 is 0 Å². The number of benzene rings is 3. The van der Waals surface area contributed by atoms with E-state index in [1.807, 2.05) is 50.2 Å². The van der Waals surface area contributed by atoms with Crippen molar-refractivity contribution in [3.05, 3.63) is 83.9 Å². The molecule has 3 rings (SSSR count). The van der Waals surface area contributed by atoms with Crippen LogP contribution in [0, 0.1) is 0 Å². The first-order valence-electron chi connectivity index (χ1n) is 9.51. The van der Waals surface area contributed by atoms with Gasteiger partial charge < -0.3 is 19.5 Å². The molecule has 0 aromatic heterocycles. The number of thioether (sulfide) groups is 1. The van der Waals surface area contributed by atoms with Gasteiger partial charge in [0.05, 0.1) is 19.5 Å². The third kappa shape index (κ3) is 6.29. The van der Waals surface area contributed by atoms with E-state index in [0.29, 0.717) is 5.46 Å². The molecule has 0 radical (unpaired) electrons. The molecule has 2 N–H and O–H groups in total. The smallest absolute Gasteiger partial charge is 0.488 e. The Kier molecular flexibility index (Phi) is 9.12. The van der Waals surface area contributed by atoms with Crippen LogP contribution in [0.15, 0.2) is 77.7 Å². The molecule has 152 valence electrons. The molecule has 0 saturated carbocycles. The third-order valence-corrected chi connectivity index (χ3v) is 5.59. The lowest BCUT2D eigenvalue weighted by molar-refractivity contribution is 0.414. The maximum atomic E-state index is 9.28. The molecule has 0 saturated heterocycles. The van der Waals surface area contributed by atoms with Gasteiger partial charge in [0.1, 0.15) is 11.5 Å². The van der Waals surface area contributed by atoms with Crippen LogP contribution in [-0.2, 0) is 0 Å². The number of hydrogen-bond donors (Lipinski definition) is 2. The molecule has 0 heterocycles. The molecule has 3 aromatic carbocycles. The molecule has 0 bridgehead atoms. The maximum absolute atomic E-state index is 9.28. The lowest BCUT2D eigenvalue weighted by Gasteiger charge is -2.19. The van der Waals surface area contributed by atoms with Crippen LogP contribution in [0.2, 0.25) is 0 Å². The molecule has 0 aliphatic carbocycles. The first-order valence-corrected chi connectivity index (χ1v) is 10.4. The van der Waals surface area contributed by atoms with Gasteiger partial charge in [-0.25, -0.2) is 0 Å². The van der Waals surface area contributed by atoms with E-state index in [2.05, 4.69) is 24.3 Å². The normalized spacial score (nSPS) is 10.2. The van der Waals surface area contributed by atoms with Crippen molar-refractivity contribution in [3.63, 3.8) is 0 Å². The second-order valence-corrected chi connectivity index (χ2v) is 7.17. The van der Waals surface area contributed by atoms with Gasteiger partial charge in [-0.1, -0.05) is 50.2 Å². The fourth-order valence-corrected chi connectivity index (χ4v) is 3.89. The molecular weight excluding hydrogens is 383 g/mol. The van der Waals surface area contributed by atoms with Crippen molar-refractivity contribution in [1.29, 1.82) is 0 Å². The fourth-order valence-electron chi connectivity index (χ4n) is 2.74. The van der Waals surface area contributed by atoms with Crippen LogP contribution in [-0.4, -0.2) is 31.4 Å². The van der Waals surface area contributed by atoms with Crippen molar-refractivity contribution in [2.75, 3.05) is 14.2 Å². The van der Waals surface area contributed by atoms with Crippen LogP contribution in [0.5, 0.6) is 11.5 Å². The van der Waals surface area contributed by atoms with Gasteiger partial charge in [-0.05, 0) is 53.0 Å². The Hall–Kier alpha value is -2.41. The SMILES string of the molecule is CC.COc1ccc(C(Sc2ccc(B(O)O)cc2)c2ccc(OC)cc2)cc1. The van der Waals surface area contributed by atoms with Crippen LogP contribution < -0.4 is 14.9 Å². The van der Waals surface area contributed by atoms with E-state index in [1.165, 1.54) is 0 Å². The van der Waals surface area contributed by atoms with Crippen LogP contribution >= 0.6 is 11.8 Å². The van der Waals surface area contributed by atoms with E-state index in [0.717, 1.165) is 27.5 Å². The van der Waals surface area contributed by atoms with Crippen molar-refractivity contribution in [2.45, 2.75) is 24.0 Å². The monoisotopic (exact) mass is 410 g/mol. The molecule has 6 heteroatoms. The molecule has 0 spiro atoms. The summed E-state index contributed by atoms with van der Waals surface area (Å²) >= 11 is 1.70. The van der Waals surface area contributed by atoms with Gasteiger partial charge in [0.2, 0.25) is 0 Å². The van der Waals surface area contributed by atoms with E-state index in [1.54, 1.807) is 38.1 Å². The topological polar surface area (TPSA) is 58.9 Å². The Balaban J connectivity index is 0.00000145. The van der Waals surface area contributed by atoms with E-state index in [-0.39, 0.29) is 5.25 Å². The zero-order valence-electron chi connectivity index (χ0n) is 17.2. The summed E-state index contributed by atoms with van der Waals surface area (Å²) < 4.78 is 10.5. The van der Waals surface area contributed by atoms with E-state index in [4.69, 9.17) is 9.47 Å². The number of hydrogen-bond acceptors (Lipinski definition) is 5. The van der Waals surface area contributed by atoms with Gasteiger partial charge in [-0.3, -0.25) is 0 Å². The quantitative estimate of drug-likeness (QED) is 0.450. The summed E-state index contributed by atoms with van der Waals surface area (Å²) in [7, 11) is 1.85. The van der Waals surface area contributed by atoms with Crippen molar-refractivity contribution >= 4 is 24.3 Å². The third-order valence-electron chi connectivity index (χ3n) is 4.27. The fraction of sp³-hybridized carbons (Fsp3) is 0.217. The summed E-state index contributed by atoms with van der Waals surface area (Å²) in [5.74, 6) is 1.64. The summed E-state index contributed by atoms with van der Waals surface area (Å²) in [6.07, 6.45) is 0. The largest absolute Gasteiger partial charge is 0.497 e. The van der Waals surface area contributed by atoms with Crippen LogP contribution in [0.1, 0.15) is 30.2 Å². The van der Waals surface area contributed by atoms with Crippen molar-refractivity contribution in [1.82, 2.24) is 0 Å². The second kappa shape index (κ2) is 11.6. The highest BCUT2D eigenvalue weighted by Crippen LogP contribution is 2.41. The molecule has 0 unspecified atom stereocenters. The summed E-state index contributed by atoms with van der Waals surface area (Å²) in [6, 6.07) is 23.3. The first-order chi connectivity index (χ1) is 14.1. The van der Waals surface area contributed by atoms with Gasteiger partial charge >= 0.3 is 7.12 Å². The molecule has 0 fully saturated rings. The predicted octanol–water partition coefficient (Wildman–Crippen LogP) is 4.29. The lowest BCUT2D eigenvalue weighted by Crippen LogP contribution is -2.29. The molecule has 29 heavy (non-hydrogen) atoms. The Bertz CT molecular complexity index is 802. The van der Waals surface area contributed by atoms with Crippen molar-refractivity contribution in [3.8, 4) is 11.5 Å². The van der Waals surface area contributed by atoms with Gasteiger partial charge in [0.15, 0.2) is 0 Å². The zero-order chi connectivity index (χ0) is 21.2. The highest BCUT2D eigenvalue weighted by molar-refractivity contribution is 7.99. The van der Waals surface area contributed by atoms with Gasteiger partial charge in [0, 0.05) is 4.90 Å². The van der Waals surface area contributed by atoms with Crippen LogP contribution in [0.3, 0.4) is 0 Å². The predicted molar refractivity (Wildman–Crippen MR) is 121 cm³/mol. The summed E-state index contributed by atoms with van der Waals surface area (Å²) in [6.45, 7) is 4.00.